The predicted molar refractivity (Wildman–Crippen MR) is 79.7 cm³/mol. The molecule has 2 aliphatic heterocycles. The van der Waals surface area contributed by atoms with Crippen LogP contribution in [0.25, 0.3) is 0 Å². The lowest BCUT2D eigenvalue weighted by Crippen LogP contribution is -2.35. The Balaban J connectivity index is 1.85. The van der Waals surface area contributed by atoms with Gasteiger partial charge in [0.2, 0.25) is 0 Å². The Hall–Kier alpha value is -1.55. The van der Waals surface area contributed by atoms with Crippen molar-refractivity contribution in [2.45, 2.75) is 19.8 Å². The number of rotatable bonds is 3. The van der Waals surface area contributed by atoms with Gasteiger partial charge in [0.05, 0.1) is 12.2 Å². The maximum absolute atomic E-state index is 12.6. The molecule has 108 valence electrons. The summed E-state index contributed by atoms with van der Waals surface area (Å²) in [6, 6.07) is 5.87. The third-order valence-electron chi connectivity index (χ3n) is 4.25. The number of nitrogens with one attached hydrogen (secondary N) is 1. The highest BCUT2D eigenvalue weighted by molar-refractivity contribution is 5.99. The fraction of sp³-hybridized carbons (Fsp3) is 0.562. The van der Waals surface area contributed by atoms with Crippen LogP contribution in [0.5, 0.6) is 5.75 Å². The van der Waals surface area contributed by atoms with Gasteiger partial charge in [0, 0.05) is 24.6 Å². The summed E-state index contributed by atoms with van der Waals surface area (Å²) in [5, 5.41) is 3.31. The molecule has 3 rings (SSSR count). The largest absolute Gasteiger partial charge is 0.490 e. The number of Topliss-reactive ketones (excluding diaryl/α,β-unsaturated/α-hetero) is 1. The van der Waals surface area contributed by atoms with Gasteiger partial charge >= 0.3 is 0 Å². The second-order valence-corrected chi connectivity index (χ2v) is 5.52. The topological polar surface area (TPSA) is 41.6 Å². The molecule has 0 aliphatic carbocycles. The first-order valence-electron chi connectivity index (χ1n) is 7.56. The van der Waals surface area contributed by atoms with Gasteiger partial charge in [0.1, 0.15) is 12.4 Å². The van der Waals surface area contributed by atoms with E-state index in [0.717, 1.165) is 62.6 Å². The number of ether oxygens (including phenoxy) is 1. The van der Waals surface area contributed by atoms with Crippen LogP contribution in [0.4, 0.5) is 5.69 Å². The molecule has 0 bridgehead atoms. The number of hydrogen-bond acceptors (Lipinski definition) is 4. The summed E-state index contributed by atoms with van der Waals surface area (Å²) in [6.07, 6.45) is 2.09. The van der Waals surface area contributed by atoms with E-state index in [9.17, 15) is 4.79 Å². The Morgan fingerprint density at radius 3 is 3.15 bits per heavy atom. The maximum Gasteiger partial charge on any atom is 0.167 e. The summed E-state index contributed by atoms with van der Waals surface area (Å²) in [4.78, 5) is 14.9. The maximum atomic E-state index is 12.6. The molecule has 1 aromatic rings. The number of fused-ring (bicyclic) bond motifs is 1. The second kappa shape index (κ2) is 5.83. The van der Waals surface area contributed by atoms with Gasteiger partial charge in [-0.05, 0) is 44.5 Å². The van der Waals surface area contributed by atoms with Crippen molar-refractivity contribution in [1.82, 2.24) is 5.32 Å². The number of benzene rings is 1. The van der Waals surface area contributed by atoms with Crippen molar-refractivity contribution in [3.05, 3.63) is 23.8 Å². The van der Waals surface area contributed by atoms with E-state index in [1.807, 2.05) is 18.2 Å². The van der Waals surface area contributed by atoms with Crippen LogP contribution < -0.4 is 15.0 Å². The number of piperidine rings is 1. The smallest absolute Gasteiger partial charge is 0.167 e. The van der Waals surface area contributed by atoms with Crippen LogP contribution in [0.2, 0.25) is 0 Å². The molecule has 1 atom stereocenters. The van der Waals surface area contributed by atoms with Crippen molar-refractivity contribution < 1.29 is 9.53 Å². The first kappa shape index (κ1) is 13.4. The van der Waals surface area contributed by atoms with Gasteiger partial charge in [-0.1, -0.05) is 0 Å². The molecule has 1 unspecified atom stereocenters. The van der Waals surface area contributed by atoms with Crippen molar-refractivity contribution in [3.63, 3.8) is 0 Å². The Morgan fingerprint density at radius 1 is 1.50 bits per heavy atom. The molecule has 0 amide bonds. The Morgan fingerprint density at radius 2 is 2.40 bits per heavy atom. The number of anilines is 1. The van der Waals surface area contributed by atoms with E-state index >= 15 is 0 Å². The summed E-state index contributed by atoms with van der Waals surface area (Å²) in [5.74, 6) is 1.29. The van der Waals surface area contributed by atoms with Gasteiger partial charge in [-0.15, -0.1) is 0 Å². The zero-order chi connectivity index (χ0) is 13.9. The normalized spacial score (nSPS) is 22.1. The van der Waals surface area contributed by atoms with E-state index in [0.29, 0.717) is 0 Å². The summed E-state index contributed by atoms with van der Waals surface area (Å²) in [7, 11) is 0. The molecule has 4 heteroatoms. The van der Waals surface area contributed by atoms with Gasteiger partial charge in [0.15, 0.2) is 5.78 Å². The fourth-order valence-corrected chi connectivity index (χ4v) is 3.07. The van der Waals surface area contributed by atoms with Crippen LogP contribution in [-0.4, -0.2) is 38.6 Å². The molecule has 1 aromatic carbocycles. The molecule has 1 N–H and O–H groups in total. The molecular formula is C16H22N2O2. The average Bonchev–Trinajstić information content (AvgIpc) is 2.54. The van der Waals surface area contributed by atoms with E-state index in [4.69, 9.17) is 4.74 Å². The third-order valence-corrected chi connectivity index (χ3v) is 4.25. The molecule has 0 radical (unpaired) electrons. The van der Waals surface area contributed by atoms with E-state index in [1.54, 1.807) is 0 Å². The zero-order valence-electron chi connectivity index (χ0n) is 12.0. The quantitative estimate of drug-likeness (QED) is 0.857. The molecule has 0 spiro atoms. The molecule has 4 nitrogen and oxygen atoms in total. The van der Waals surface area contributed by atoms with Crippen LogP contribution in [0.15, 0.2) is 18.2 Å². The number of carbonyl (C=O) groups is 1. The Kier molecular flexibility index (Phi) is 3.92. The Labute approximate surface area is 120 Å². The SMILES string of the molecule is CCN1CCOc2ccc(C(=O)C3CCCNC3)cc21. The standard InChI is InChI=1S/C16H22N2O2/c1-2-18-8-9-20-15-6-5-12(10-14(15)18)16(19)13-4-3-7-17-11-13/h5-6,10,13,17H,2-4,7-9,11H2,1H3. The van der Waals surface area contributed by atoms with Crippen molar-refractivity contribution in [1.29, 1.82) is 0 Å². The van der Waals surface area contributed by atoms with Crippen molar-refractivity contribution >= 4 is 11.5 Å². The first-order chi connectivity index (χ1) is 9.79. The zero-order valence-corrected chi connectivity index (χ0v) is 12.0. The molecule has 0 saturated carbocycles. The molecular weight excluding hydrogens is 252 g/mol. The fourth-order valence-electron chi connectivity index (χ4n) is 3.07. The van der Waals surface area contributed by atoms with Crippen LogP contribution in [-0.2, 0) is 0 Å². The van der Waals surface area contributed by atoms with Crippen molar-refractivity contribution in [2.75, 3.05) is 37.7 Å². The number of ketones is 1. The second-order valence-electron chi connectivity index (χ2n) is 5.52. The van der Waals surface area contributed by atoms with E-state index in [-0.39, 0.29) is 11.7 Å². The number of likely N-dealkylation sites (N-methyl/N-ethyl adjacent to an activating group) is 1. The molecule has 1 saturated heterocycles. The highest BCUT2D eigenvalue weighted by Gasteiger charge is 2.24. The van der Waals surface area contributed by atoms with Gasteiger partial charge in [0.25, 0.3) is 0 Å². The highest BCUT2D eigenvalue weighted by Crippen LogP contribution is 2.33. The van der Waals surface area contributed by atoms with Gasteiger partial charge in [-0.3, -0.25) is 4.79 Å². The minimum atomic E-state index is 0.126. The van der Waals surface area contributed by atoms with Crippen LogP contribution in [0.1, 0.15) is 30.1 Å². The monoisotopic (exact) mass is 274 g/mol. The minimum Gasteiger partial charge on any atom is -0.490 e. The Bertz CT molecular complexity index is 495. The molecule has 1 fully saturated rings. The van der Waals surface area contributed by atoms with Crippen molar-refractivity contribution in [2.24, 2.45) is 5.92 Å². The lowest BCUT2D eigenvalue weighted by molar-refractivity contribution is 0.0899. The summed E-state index contributed by atoms with van der Waals surface area (Å²) < 4.78 is 5.67. The van der Waals surface area contributed by atoms with Crippen LogP contribution in [0.3, 0.4) is 0 Å². The summed E-state index contributed by atoms with van der Waals surface area (Å²) in [6.45, 7) is 6.54. The average molecular weight is 274 g/mol. The van der Waals surface area contributed by atoms with Crippen LogP contribution in [0, 0.1) is 5.92 Å². The predicted octanol–water partition coefficient (Wildman–Crippen LogP) is 2.09. The number of hydrogen-bond donors (Lipinski definition) is 1. The molecule has 2 aliphatic rings. The highest BCUT2D eigenvalue weighted by atomic mass is 16.5. The van der Waals surface area contributed by atoms with E-state index in [1.165, 1.54) is 0 Å². The molecule has 2 heterocycles. The van der Waals surface area contributed by atoms with E-state index in [2.05, 4.69) is 17.1 Å². The number of nitrogens with zero attached hydrogens (tertiary/aromatic N) is 1. The van der Waals surface area contributed by atoms with E-state index < -0.39 is 0 Å². The summed E-state index contributed by atoms with van der Waals surface area (Å²) >= 11 is 0. The van der Waals surface area contributed by atoms with Gasteiger partial charge in [-0.2, -0.15) is 0 Å². The lowest BCUT2D eigenvalue weighted by Gasteiger charge is -2.31. The third kappa shape index (κ3) is 2.52. The van der Waals surface area contributed by atoms with Crippen molar-refractivity contribution in [3.8, 4) is 5.75 Å². The summed E-state index contributed by atoms with van der Waals surface area (Å²) in [5.41, 5.74) is 1.88. The lowest BCUT2D eigenvalue weighted by atomic mass is 9.90. The van der Waals surface area contributed by atoms with Gasteiger partial charge < -0.3 is 15.0 Å². The molecule has 0 aromatic heterocycles. The van der Waals surface area contributed by atoms with Gasteiger partial charge in [-0.25, -0.2) is 0 Å². The molecule has 20 heavy (non-hydrogen) atoms. The minimum absolute atomic E-state index is 0.126. The van der Waals surface area contributed by atoms with Crippen LogP contribution >= 0.6 is 0 Å². The first-order valence-corrected chi connectivity index (χ1v) is 7.56. The number of carbonyl (C=O) groups excluding carboxylic acids is 1.